The van der Waals surface area contributed by atoms with Crippen LogP contribution in [0.25, 0.3) is 0 Å². The van der Waals surface area contributed by atoms with Gasteiger partial charge in [-0.2, -0.15) is 0 Å². The van der Waals surface area contributed by atoms with Crippen LogP contribution in [0.2, 0.25) is 0 Å². The molecular weight excluding hydrogens is 204 g/mol. The molecule has 0 saturated heterocycles. The van der Waals surface area contributed by atoms with E-state index in [4.69, 9.17) is 5.11 Å². The molecular formula is C12H18N2O2. The van der Waals surface area contributed by atoms with Gasteiger partial charge in [-0.3, -0.25) is 4.79 Å². The van der Waals surface area contributed by atoms with E-state index in [1.54, 1.807) is 6.92 Å². The normalized spacial score (nSPS) is 11.9. The van der Waals surface area contributed by atoms with Crippen molar-refractivity contribution in [3.05, 3.63) is 30.3 Å². The molecule has 0 radical (unpaired) electrons. The quantitative estimate of drug-likeness (QED) is 0.672. The van der Waals surface area contributed by atoms with Crippen molar-refractivity contribution < 1.29 is 9.90 Å². The van der Waals surface area contributed by atoms with Crippen LogP contribution in [0.15, 0.2) is 30.3 Å². The summed E-state index contributed by atoms with van der Waals surface area (Å²) in [5.74, 6) is -0.0653. The average Bonchev–Trinajstić information content (AvgIpc) is 2.27. The maximum Gasteiger partial charge on any atom is 0.239 e. The monoisotopic (exact) mass is 222 g/mol. The largest absolute Gasteiger partial charge is 0.393 e. The first-order chi connectivity index (χ1) is 7.68. The Balaban J connectivity index is 2.16. The van der Waals surface area contributed by atoms with E-state index in [0.717, 1.165) is 5.69 Å². The van der Waals surface area contributed by atoms with Gasteiger partial charge in [-0.1, -0.05) is 18.2 Å². The van der Waals surface area contributed by atoms with Crippen LogP contribution in [0, 0.1) is 0 Å². The minimum absolute atomic E-state index is 0.0653. The van der Waals surface area contributed by atoms with Crippen LogP contribution >= 0.6 is 0 Å². The van der Waals surface area contributed by atoms with E-state index < -0.39 is 0 Å². The van der Waals surface area contributed by atoms with E-state index in [-0.39, 0.29) is 18.6 Å². The Morgan fingerprint density at radius 2 is 2.06 bits per heavy atom. The summed E-state index contributed by atoms with van der Waals surface area (Å²) in [4.78, 5) is 11.3. The molecule has 1 unspecified atom stereocenters. The molecule has 0 aliphatic heterocycles. The topological polar surface area (TPSA) is 61.4 Å². The summed E-state index contributed by atoms with van der Waals surface area (Å²) in [7, 11) is 0. The lowest BCUT2D eigenvalue weighted by atomic mass is 10.3. The Bertz CT molecular complexity index is 312. The van der Waals surface area contributed by atoms with Crippen molar-refractivity contribution in [3.8, 4) is 0 Å². The Kier molecular flexibility index (Phi) is 5.36. The maximum absolute atomic E-state index is 11.3. The Morgan fingerprint density at radius 3 is 2.69 bits per heavy atom. The van der Waals surface area contributed by atoms with Crippen LogP contribution in [-0.2, 0) is 4.79 Å². The number of hydrogen-bond donors (Lipinski definition) is 3. The molecule has 1 atom stereocenters. The number of benzene rings is 1. The smallest absolute Gasteiger partial charge is 0.239 e. The first-order valence-electron chi connectivity index (χ1n) is 5.42. The Labute approximate surface area is 95.7 Å². The number of rotatable bonds is 6. The van der Waals surface area contributed by atoms with Gasteiger partial charge < -0.3 is 15.7 Å². The molecule has 0 heterocycles. The van der Waals surface area contributed by atoms with Crippen molar-refractivity contribution in [2.45, 2.75) is 19.4 Å². The molecule has 0 fully saturated rings. The summed E-state index contributed by atoms with van der Waals surface area (Å²) in [5.41, 5.74) is 0.924. The summed E-state index contributed by atoms with van der Waals surface area (Å²) in [6.45, 7) is 2.46. The zero-order valence-electron chi connectivity index (χ0n) is 9.44. The molecule has 0 bridgehead atoms. The summed E-state index contributed by atoms with van der Waals surface area (Å²) in [5, 5.41) is 14.7. The Morgan fingerprint density at radius 1 is 1.38 bits per heavy atom. The van der Waals surface area contributed by atoms with Crippen molar-refractivity contribution in [1.82, 2.24) is 5.32 Å². The van der Waals surface area contributed by atoms with E-state index in [1.165, 1.54) is 0 Å². The fraction of sp³-hybridized carbons (Fsp3) is 0.417. The van der Waals surface area contributed by atoms with E-state index in [1.807, 2.05) is 30.3 Å². The molecule has 4 nitrogen and oxygen atoms in total. The molecule has 1 aromatic rings. The van der Waals surface area contributed by atoms with Crippen LogP contribution < -0.4 is 10.6 Å². The molecule has 0 spiro atoms. The molecule has 1 rings (SSSR count). The van der Waals surface area contributed by atoms with Gasteiger partial charge in [0.25, 0.3) is 0 Å². The average molecular weight is 222 g/mol. The number of nitrogens with one attached hydrogen (secondary N) is 2. The highest BCUT2D eigenvalue weighted by atomic mass is 16.3. The van der Waals surface area contributed by atoms with Gasteiger partial charge in [0.15, 0.2) is 0 Å². The summed E-state index contributed by atoms with van der Waals surface area (Å²) < 4.78 is 0. The molecule has 1 amide bonds. The standard InChI is InChI=1S/C12H18N2O2/c1-10(15)7-8-13-12(16)9-14-11-5-3-2-4-6-11/h2-6,10,14-15H,7-9H2,1H3,(H,13,16). The predicted molar refractivity (Wildman–Crippen MR) is 64.2 cm³/mol. The van der Waals surface area contributed by atoms with Crippen LogP contribution in [0.5, 0.6) is 0 Å². The summed E-state index contributed by atoms with van der Waals surface area (Å²) >= 11 is 0. The van der Waals surface area contributed by atoms with Gasteiger partial charge in [-0.05, 0) is 25.5 Å². The van der Waals surface area contributed by atoms with Gasteiger partial charge in [0, 0.05) is 12.2 Å². The van der Waals surface area contributed by atoms with E-state index in [2.05, 4.69) is 10.6 Å². The first kappa shape index (κ1) is 12.5. The van der Waals surface area contributed by atoms with Crippen molar-refractivity contribution >= 4 is 11.6 Å². The second-order valence-electron chi connectivity index (χ2n) is 3.71. The third-order valence-corrected chi connectivity index (χ3v) is 2.11. The van der Waals surface area contributed by atoms with Crippen molar-refractivity contribution in [2.75, 3.05) is 18.4 Å². The van der Waals surface area contributed by atoms with Gasteiger partial charge in [0.2, 0.25) is 5.91 Å². The van der Waals surface area contributed by atoms with Crippen molar-refractivity contribution in [1.29, 1.82) is 0 Å². The third kappa shape index (κ3) is 5.36. The van der Waals surface area contributed by atoms with Crippen molar-refractivity contribution in [2.24, 2.45) is 0 Å². The lowest BCUT2D eigenvalue weighted by molar-refractivity contribution is -0.119. The van der Waals surface area contributed by atoms with Gasteiger partial charge in [-0.15, -0.1) is 0 Å². The SMILES string of the molecule is CC(O)CCNC(=O)CNc1ccccc1. The molecule has 4 heteroatoms. The van der Waals surface area contributed by atoms with Crippen LogP contribution in [0.4, 0.5) is 5.69 Å². The second-order valence-corrected chi connectivity index (χ2v) is 3.71. The lowest BCUT2D eigenvalue weighted by Gasteiger charge is -2.08. The van der Waals surface area contributed by atoms with E-state index in [0.29, 0.717) is 13.0 Å². The fourth-order valence-corrected chi connectivity index (χ4v) is 1.22. The molecule has 3 N–H and O–H groups in total. The molecule has 88 valence electrons. The number of carbonyl (C=O) groups is 1. The highest BCUT2D eigenvalue weighted by Crippen LogP contribution is 2.03. The number of anilines is 1. The van der Waals surface area contributed by atoms with Crippen molar-refractivity contribution in [3.63, 3.8) is 0 Å². The lowest BCUT2D eigenvalue weighted by Crippen LogP contribution is -2.31. The first-order valence-corrected chi connectivity index (χ1v) is 5.42. The second kappa shape index (κ2) is 6.85. The number of hydrogen-bond acceptors (Lipinski definition) is 3. The minimum atomic E-state index is -0.373. The summed E-state index contributed by atoms with van der Waals surface area (Å²) in [6, 6.07) is 9.56. The van der Waals surface area contributed by atoms with Gasteiger partial charge >= 0.3 is 0 Å². The zero-order chi connectivity index (χ0) is 11.8. The number of aliphatic hydroxyl groups excluding tert-OH is 1. The van der Waals surface area contributed by atoms with Gasteiger partial charge in [0.05, 0.1) is 12.6 Å². The molecule has 0 aliphatic rings. The Hall–Kier alpha value is -1.55. The zero-order valence-corrected chi connectivity index (χ0v) is 9.44. The number of aliphatic hydroxyl groups is 1. The fourth-order valence-electron chi connectivity index (χ4n) is 1.22. The molecule has 0 aliphatic carbocycles. The highest BCUT2D eigenvalue weighted by Gasteiger charge is 2.01. The van der Waals surface area contributed by atoms with Crippen LogP contribution in [0.3, 0.4) is 0 Å². The number of carbonyl (C=O) groups excluding carboxylic acids is 1. The van der Waals surface area contributed by atoms with Gasteiger partial charge in [0.1, 0.15) is 0 Å². The third-order valence-electron chi connectivity index (χ3n) is 2.11. The van der Waals surface area contributed by atoms with Crippen LogP contribution in [0.1, 0.15) is 13.3 Å². The van der Waals surface area contributed by atoms with E-state index in [9.17, 15) is 4.79 Å². The predicted octanol–water partition coefficient (Wildman–Crippen LogP) is 0.986. The maximum atomic E-state index is 11.3. The minimum Gasteiger partial charge on any atom is -0.393 e. The summed E-state index contributed by atoms with van der Waals surface area (Å²) in [6.07, 6.45) is 0.208. The molecule has 16 heavy (non-hydrogen) atoms. The molecule has 0 saturated carbocycles. The molecule has 0 aromatic heterocycles. The number of para-hydroxylation sites is 1. The van der Waals surface area contributed by atoms with Crippen LogP contribution in [-0.4, -0.2) is 30.2 Å². The van der Waals surface area contributed by atoms with Gasteiger partial charge in [-0.25, -0.2) is 0 Å². The molecule has 1 aromatic carbocycles. The highest BCUT2D eigenvalue weighted by molar-refractivity contribution is 5.80. The van der Waals surface area contributed by atoms with E-state index >= 15 is 0 Å². The number of amides is 1.